The maximum Gasteiger partial charge on any atom is 0.276 e. The van der Waals surface area contributed by atoms with Gasteiger partial charge in [-0.05, 0) is 43.5 Å². The number of nitrogens with one attached hydrogen (secondary N) is 1. The molecule has 1 amide bonds. The number of anilines is 1. The summed E-state index contributed by atoms with van der Waals surface area (Å²) in [7, 11) is 0. The predicted molar refractivity (Wildman–Crippen MR) is 116 cm³/mol. The van der Waals surface area contributed by atoms with Crippen LogP contribution in [0.2, 0.25) is 5.02 Å². The van der Waals surface area contributed by atoms with Gasteiger partial charge in [0.05, 0.1) is 23.9 Å². The van der Waals surface area contributed by atoms with Crippen molar-refractivity contribution in [1.29, 1.82) is 0 Å². The summed E-state index contributed by atoms with van der Waals surface area (Å²) in [6.45, 7) is 3.11. The second kappa shape index (κ2) is 9.12. The van der Waals surface area contributed by atoms with Crippen molar-refractivity contribution in [2.75, 3.05) is 11.9 Å². The Balaban J connectivity index is 1.49. The first-order valence-electron chi connectivity index (χ1n) is 9.78. The molecule has 4 rings (SSSR count). The van der Waals surface area contributed by atoms with Gasteiger partial charge < -0.3 is 10.1 Å². The number of carbonyl (C=O) groups excluding carboxylic acids is 1. The Morgan fingerprint density at radius 3 is 2.80 bits per heavy atom. The summed E-state index contributed by atoms with van der Waals surface area (Å²) >= 11 is 6.23. The summed E-state index contributed by atoms with van der Waals surface area (Å²) in [5.74, 6) is 6.31. The van der Waals surface area contributed by atoms with Gasteiger partial charge in [0, 0.05) is 23.9 Å². The summed E-state index contributed by atoms with van der Waals surface area (Å²) in [6, 6.07) is 11.6. The van der Waals surface area contributed by atoms with E-state index in [0.717, 1.165) is 36.1 Å². The number of nitrogens with zero attached hydrogens (tertiary/aromatic N) is 3. The normalized spacial score (nSPS) is 15.5. The van der Waals surface area contributed by atoms with Gasteiger partial charge >= 0.3 is 0 Å². The lowest BCUT2D eigenvalue weighted by Gasteiger charge is -2.13. The molecule has 1 aromatic carbocycles. The first-order valence-corrected chi connectivity index (χ1v) is 10.2. The van der Waals surface area contributed by atoms with Crippen LogP contribution in [0.15, 0.2) is 48.8 Å². The summed E-state index contributed by atoms with van der Waals surface area (Å²) in [5, 5.41) is 7.37. The average molecular weight is 421 g/mol. The van der Waals surface area contributed by atoms with Crippen LogP contribution >= 0.6 is 11.6 Å². The lowest BCUT2D eigenvalue weighted by Crippen LogP contribution is -2.23. The Morgan fingerprint density at radius 1 is 1.27 bits per heavy atom. The van der Waals surface area contributed by atoms with Gasteiger partial charge in [-0.15, -0.1) is 0 Å². The number of hydrogen-bond acceptors (Lipinski definition) is 4. The molecule has 0 aliphatic carbocycles. The lowest BCUT2D eigenvalue weighted by molar-refractivity contribution is 0.0903. The number of amides is 1. The van der Waals surface area contributed by atoms with Crippen LogP contribution in [-0.4, -0.2) is 33.4 Å². The molecule has 1 aliphatic heterocycles. The fourth-order valence-electron chi connectivity index (χ4n) is 3.31. The molecule has 3 heterocycles. The van der Waals surface area contributed by atoms with E-state index in [4.69, 9.17) is 16.3 Å². The van der Waals surface area contributed by atoms with Crippen LogP contribution in [0.5, 0.6) is 0 Å². The van der Waals surface area contributed by atoms with Crippen molar-refractivity contribution in [2.24, 2.45) is 0 Å². The van der Waals surface area contributed by atoms with E-state index in [1.165, 1.54) is 6.20 Å². The van der Waals surface area contributed by atoms with E-state index in [1.807, 2.05) is 43.3 Å². The lowest BCUT2D eigenvalue weighted by atomic mass is 10.1. The number of halogens is 1. The van der Waals surface area contributed by atoms with Crippen LogP contribution in [-0.2, 0) is 11.3 Å². The Kier molecular flexibility index (Phi) is 6.12. The highest BCUT2D eigenvalue weighted by atomic mass is 35.5. The second-order valence-corrected chi connectivity index (χ2v) is 7.53. The summed E-state index contributed by atoms with van der Waals surface area (Å²) in [5.41, 5.74) is 2.82. The highest BCUT2D eigenvalue weighted by Crippen LogP contribution is 2.21. The third-order valence-corrected chi connectivity index (χ3v) is 5.12. The molecule has 0 radical (unpaired) electrons. The fraction of sp³-hybridized carbons (Fsp3) is 0.261. The third kappa shape index (κ3) is 4.70. The molecule has 1 atom stereocenters. The topological polar surface area (TPSA) is 69.0 Å². The maximum absolute atomic E-state index is 12.9. The number of ether oxygens (including phenoxy) is 1. The Labute approximate surface area is 180 Å². The van der Waals surface area contributed by atoms with Crippen molar-refractivity contribution in [3.8, 4) is 11.8 Å². The van der Waals surface area contributed by atoms with Gasteiger partial charge in [-0.25, -0.2) is 4.98 Å². The van der Waals surface area contributed by atoms with Crippen LogP contribution in [0.4, 0.5) is 5.82 Å². The summed E-state index contributed by atoms with van der Waals surface area (Å²) in [4.78, 5) is 17.2. The van der Waals surface area contributed by atoms with Crippen LogP contribution in [0, 0.1) is 18.8 Å². The number of hydrogen-bond donors (Lipinski definition) is 1. The van der Waals surface area contributed by atoms with E-state index in [2.05, 4.69) is 27.2 Å². The zero-order chi connectivity index (χ0) is 20.9. The molecule has 0 spiro atoms. The fourth-order valence-corrected chi connectivity index (χ4v) is 3.54. The van der Waals surface area contributed by atoms with Crippen molar-refractivity contribution in [3.05, 3.63) is 76.2 Å². The van der Waals surface area contributed by atoms with Crippen molar-refractivity contribution >= 4 is 23.3 Å². The minimum absolute atomic E-state index is 0.0508. The van der Waals surface area contributed by atoms with E-state index in [-0.39, 0.29) is 12.0 Å². The van der Waals surface area contributed by atoms with Gasteiger partial charge in [0.1, 0.15) is 11.5 Å². The van der Waals surface area contributed by atoms with Gasteiger partial charge in [-0.1, -0.05) is 41.6 Å². The SMILES string of the molecule is Cc1cc(C#Cc2ccccc2)cnc1NC(=O)c1c(Cl)cnn1CC1CCCO1. The van der Waals surface area contributed by atoms with Crippen molar-refractivity contribution in [3.63, 3.8) is 0 Å². The van der Waals surface area contributed by atoms with Gasteiger partial charge in [0.15, 0.2) is 0 Å². The van der Waals surface area contributed by atoms with Crippen molar-refractivity contribution in [1.82, 2.24) is 14.8 Å². The third-order valence-electron chi connectivity index (χ3n) is 4.85. The molecule has 0 bridgehead atoms. The molecule has 2 aromatic heterocycles. The van der Waals surface area contributed by atoms with Crippen LogP contribution in [0.3, 0.4) is 0 Å². The summed E-state index contributed by atoms with van der Waals surface area (Å²) in [6.07, 6.45) is 5.14. The quantitative estimate of drug-likeness (QED) is 0.646. The molecule has 1 unspecified atom stereocenters. The Bertz CT molecular complexity index is 1110. The first kappa shape index (κ1) is 20.1. The zero-order valence-electron chi connectivity index (χ0n) is 16.6. The maximum atomic E-state index is 12.9. The molecular weight excluding hydrogens is 400 g/mol. The van der Waals surface area contributed by atoms with E-state index < -0.39 is 0 Å². The minimum Gasteiger partial charge on any atom is -0.376 e. The first-order chi connectivity index (χ1) is 14.6. The van der Waals surface area contributed by atoms with Gasteiger partial charge in [-0.2, -0.15) is 5.10 Å². The molecule has 30 heavy (non-hydrogen) atoms. The molecule has 6 nitrogen and oxygen atoms in total. The molecule has 152 valence electrons. The highest BCUT2D eigenvalue weighted by Gasteiger charge is 2.23. The predicted octanol–water partition coefficient (Wildman–Crippen LogP) is 4.07. The molecule has 1 fully saturated rings. The Morgan fingerprint density at radius 2 is 2.07 bits per heavy atom. The minimum atomic E-state index is -0.353. The van der Waals surface area contributed by atoms with Crippen LogP contribution in [0.25, 0.3) is 0 Å². The number of aryl methyl sites for hydroxylation is 1. The molecule has 7 heteroatoms. The largest absolute Gasteiger partial charge is 0.376 e. The van der Waals surface area contributed by atoms with Crippen molar-refractivity contribution < 1.29 is 9.53 Å². The standard InChI is InChI=1S/C23H21ClN4O2/c1-16-12-18(10-9-17-6-3-2-4-7-17)13-25-22(16)27-23(29)21-20(24)14-26-28(21)15-19-8-5-11-30-19/h2-4,6-7,12-14,19H,5,8,11,15H2,1H3,(H,25,27,29). The number of carbonyl (C=O) groups is 1. The van der Waals surface area contributed by atoms with Crippen molar-refractivity contribution in [2.45, 2.75) is 32.4 Å². The molecule has 1 N–H and O–H groups in total. The molecule has 1 saturated heterocycles. The zero-order valence-corrected chi connectivity index (χ0v) is 17.3. The smallest absolute Gasteiger partial charge is 0.276 e. The van der Waals surface area contributed by atoms with Crippen LogP contribution < -0.4 is 5.32 Å². The van der Waals surface area contributed by atoms with Gasteiger partial charge in [0.2, 0.25) is 0 Å². The molecule has 1 aliphatic rings. The average Bonchev–Trinajstić information content (AvgIpc) is 3.39. The van der Waals surface area contributed by atoms with Gasteiger partial charge in [0.25, 0.3) is 5.91 Å². The van der Waals surface area contributed by atoms with E-state index in [9.17, 15) is 4.79 Å². The van der Waals surface area contributed by atoms with Gasteiger partial charge in [-0.3, -0.25) is 9.48 Å². The molecular formula is C23H21ClN4O2. The summed E-state index contributed by atoms with van der Waals surface area (Å²) < 4.78 is 7.25. The number of benzene rings is 1. The Hall–Kier alpha value is -3.14. The highest BCUT2D eigenvalue weighted by molar-refractivity contribution is 6.34. The van der Waals surface area contributed by atoms with E-state index in [1.54, 1.807) is 10.9 Å². The monoisotopic (exact) mass is 420 g/mol. The number of pyridine rings is 1. The molecule has 0 saturated carbocycles. The van der Waals surface area contributed by atoms with E-state index in [0.29, 0.717) is 23.1 Å². The number of aromatic nitrogens is 3. The van der Waals surface area contributed by atoms with Crippen LogP contribution in [0.1, 0.15) is 40.0 Å². The van der Waals surface area contributed by atoms with E-state index >= 15 is 0 Å². The molecule has 3 aromatic rings. The second-order valence-electron chi connectivity index (χ2n) is 7.12. The number of rotatable bonds is 4.